The second-order valence-electron chi connectivity index (χ2n) is 4.11. The first-order valence-electron chi connectivity index (χ1n) is 5.11. The third-order valence-corrected chi connectivity index (χ3v) is 2.12. The third-order valence-electron chi connectivity index (χ3n) is 2.12. The number of nitrogens with two attached hydrogens (primary N) is 1. The molecule has 0 aliphatic carbocycles. The summed E-state index contributed by atoms with van der Waals surface area (Å²) in [5.41, 5.74) is 7.29. The summed E-state index contributed by atoms with van der Waals surface area (Å²) in [7, 11) is 0. The molecule has 1 heterocycles. The molecular weight excluding hydrogens is 208 g/mol. The lowest BCUT2D eigenvalue weighted by molar-refractivity contribution is 0.272. The highest BCUT2D eigenvalue weighted by molar-refractivity contribution is 5.80. The molecule has 0 fully saturated rings. The molecule has 5 nitrogen and oxygen atoms in total. The van der Waals surface area contributed by atoms with E-state index in [1.807, 2.05) is 0 Å². The summed E-state index contributed by atoms with van der Waals surface area (Å²) < 4.78 is 10.4. The summed E-state index contributed by atoms with van der Waals surface area (Å²) in [4.78, 5) is 13.5. The minimum Gasteiger partial charge on any atom is -0.491 e. The molecule has 0 aliphatic heterocycles. The maximum Gasteiger partial charge on any atom is 0.417 e. The Labute approximate surface area is 92.2 Å². The van der Waals surface area contributed by atoms with Crippen LogP contribution in [-0.2, 0) is 0 Å². The summed E-state index contributed by atoms with van der Waals surface area (Å²) >= 11 is 0. The van der Waals surface area contributed by atoms with Crippen molar-refractivity contribution >= 4 is 16.8 Å². The summed E-state index contributed by atoms with van der Waals surface area (Å²) in [6.45, 7) is 4.68. The van der Waals surface area contributed by atoms with E-state index in [9.17, 15) is 4.79 Å². The van der Waals surface area contributed by atoms with E-state index in [0.29, 0.717) is 35.1 Å². The number of ether oxygens (including phenoxy) is 1. The molecule has 0 radical (unpaired) electrons. The third kappa shape index (κ3) is 2.03. The van der Waals surface area contributed by atoms with Gasteiger partial charge in [0.05, 0.1) is 17.8 Å². The number of aromatic nitrogens is 1. The molecule has 0 saturated carbocycles. The van der Waals surface area contributed by atoms with Crippen LogP contribution in [0, 0.1) is 5.92 Å². The molecule has 2 aromatic rings. The van der Waals surface area contributed by atoms with Crippen molar-refractivity contribution in [2.45, 2.75) is 13.8 Å². The number of anilines is 1. The first kappa shape index (κ1) is 10.6. The predicted octanol–water partition coefficient (Wildman–Crippen LogP) is 1.74. The van der Waals surface area contributed by atoms with Gasteiger partial charge in [0, 0.05) is 12.1 Å². The maximum absolute atomic E-state index is 11.0. The quantitative estimate of drug-likeness (QED) is 0.775. The molecule has 0 unspecified atom stereocenters. The van der Waals surface area contributed by atoms with E-state index >= 15 is 0 Å². The van der Waals surface area contributed by atoms with Crippen LogP contribution in [0.2, 0.25) is 0 Å². The van der Waals surface area contributed by atoms with Crippen LogP contribution in [0.1, 0.15) is 13.8 Å². The lowest BCUT2D eigenvalue weighted by Crippen LogP contribution is -2.06. The smallest absolute Gasteiger partial charge is 0.417 e. The van der Waals surface area contributed by atoms with E-state index < -0.39 is 5.76 Å². The van der Waals surface area contributed by atoms with Gasteiger partial charge in [-0.25, -0.2) is 4.79 Å². The van der Waals surface area contributed by atoms with E-state index in [1.165, 1.54) is 0 Å². The van der Waals surface area contributed by atoms with Gasteiger partial charge < -0.3 is 14.9 Å². The van der Waals surface area contributed by atoms with Crippen molar-refractivity contribution in [3.8, 4) is 5.75 Å². The fourth-order valence-electron chi connectivity index (χ4n) is 1.37. The van der Waals surface area contributed by atoms with Crippen molar-refractivity contribution in [3.63, 3.8) is 0 Å². The molecule has 0 spiro atoms. The number of H-pyrrole nitrogens is 1. The van der Waals surface area contributed by atoms with Gasteiger partial charge in [0.1, 0.15) is 5.75 Å². The molecule has 16 heavy (non-hydrogen) atoms. The fraction of sp³-hybridized carbons (Fsp3) is 0.364. The lowest BCUT2D eigenvalue weighted by atomic mass is 10.2. The van der Waals surface area contributed by atoms with Gasteiger partial charge in [-0.15, -0.1) is 0 Å². The molecule has 2 rings (SSSR count). The van der Waals surface area contributed by atoms with Crippen LogP contribution in [0.5, 0.6) is 5.75 Å². The zero-order valence-electron chi connectivity index (χ0n) is 9.24. The van der Waals surface area contributed by atoms with Gasteiger partial charge in [-0.1, -0.05) is 13.8 Å². The number of hydrogen-bond acceptors (Lipinski definition) is 4. The molecule has 1 aromatic carbocycles. The van der Waals surface area contributed by atoms with Crippen molar-refractivity contribution in [3.05, 3.63) is 22.7 Å². The van der Waals surface area contributed by atoms with Gasteiger partial charge in [-0.2, -0.15) is 0 Å². The summed E-state index contributed by atoms with van der Waals surface area (Å²) in [5.74, 6) is 0.493. The first-order chi connectivity index (χ1) is 7.56. The average molecular weight is 222 g/mol. The Morgan fingerprint density at radius 3 is 2.94 bits per heavy atom. The predicted molar refractivity (Wildman–Crippen MR) is 61.6 cm³/mol. The van der Waals surface area contributed by atoms with E-state index in [1.54, 1.807) is 12.1 Å². The second-order valence-corrected chi connectivity index (χ2v) is 4.11. The molecule has 0 bridgehead atoms. The Hall–Kier alpha value is -1.91. The van der Waals surface area contributed by atoms with E-state index in [-0.39, 0.29) is 0 Å². The maximum atomic E-state index is 11.0. The van der Waals surface area contributed by atoms with Crippen LogP contribution in [0.3, 0.4) is 0 Å². The minimum atomic E-state index is -0.490. The standard InChI is InChI=1S/C11H14N2O3/c1-6(2)5-15-9-4-8-10(3-7(9)12)16-11(14)13-8/h3-4,6H,5,12H2,1-2H3,(H,13,14). The lowest BCUT2D eigenvalue weighted by Gasteiger charge is -2.10. The summed E-state index contributed by atoms with van der Waals surface area (Å²) in [6.07, 6.45) is 0. The zero-order chi connectivity index (χ0) is 11.7. The van der Waals surface area contributed by atoms with Gasteiger partial charge in [-0.3, -0.25) is 4.98 Å². The highest BCUT2D eigenvalue weighted by atomic mass is 16.5. The molecular formula is C11H14N2O3. The van der Waals surface area contributed by atoms with Crippen LogP contribution in [0.4, 0.5) is 5.69 Å². The first-order valence-corrected chi connectivity index (χ1v) is 5.11. The van der Waals surface area contributed by atoms with Crippen LogP contribution in [0.25, 0.3) is 11.1 Å². The largest absolute Gasteiger partial charge is 0.491 e. The Balaban J connectivity index is 2.37. The SMILES string of the molecule is CC(C)COc1cc2[nH]c(=O)oc2cc1N. The number of benzene rings is 1. The van der Waals surface area contributed by atoms with Gasteiger partial charge >= 0.3 is 5.76 Å². The van der Waals surface area contributed by atoms with Crippen molar-refractivity contribution < 1.29 is 9.15 Å². The second kappa shape index (κ2) is 3.92. The fourth-order valence-corrected chi connectivity index (χ4v) is 1.37. The van der Waals surface area contributed by atoms with Gasteiger partial charge in [0.25, 0.3) is 0 Å². The Morgan fingerprint density at radius 1 is 1.50 bits per heavy atom. The topological polar surface area (TPSA) is 81.2 Å². The van der Waals surface area contributed by atoms with Crippen LogP contribution in [-0.4, -0.2) is 11.6 Å². The number of oxazole rings is 1. The Morgan fingerprint density at radius 2 is 2.25 bits per heavy atom. The van der Waals surface area contributed by atoms with Crippen molar-refractivity contribution in [1.29, 1.82) is 0 Å². The van der Waals surface area contributed by atoms with Crippen LogP contribution >= 0.6 is 0 Å². The van der Waals surface area contributed by atoms with Gasteiger partial charge in [0.15, 0.2) is 5.58 Å². The highest BCUT2D eigenvalue weighted by Gasteiger charge is 2.08. The molecule has 0 amide bonds. The summed E-state index contributed by atoms with van der Waals surface area (Å²) in [6, 6.07) is 3.26. The van der Waals surface area contributed by atoms with Crippen molar-refractivity contribution in [2.75, 3.05) is 12.3 Å². The van der Waals surface area contributed by atoms with Crippen molar-refractivity contribution in [2.24, 2.45) is 5.92 Å². The van der Waals surface area contributed by atoms with Gasteiger partial charge in [0.2, 0.25) is 0 Å². The number of nitrogens with one attached hydrogen (secondary N) is 1. The van der Waals surface area contributed by atoms with Crippen LogP contribution < -0.4 is 16.2 Å². The molecule has 5 heteroatoms. The van der Waals surface area contributed by atoms with E-state index in [2.05, 4.69) is 18.8 Å². The van der Waals surface area contributed by atoms with Gasteiger partial charge in [-0.05, 0) is 5.92 Å². The van der Waals surface area contributed by atoms with Crippen molar-refractivity contribution in [1.82, 2.24) is 4.98 Å². The molecule has 1 aromatic heterocycles. The Kier molecular flexibility index (Phi) is 2.60. The van der Waals surface area contributed by atoms with E-state index in [4.69, 9.17) is 14.9 Å². The number of hydrogen-bond donors (Lipinski definition) is 2. The molecule has 0 atom stereocenters. The van der Waals surface area contributed by atoms with Crippen LogP contribution in [0.15, 0.2) is 21.3 Å². The Bertz CT molecular complexity index is 554. The molecule has 0 saturated heterocycles. The molecule has 0 aliphatic rings. The molecule has 3 N–H and O–H groups in total. The number of rotatable bonds is 3. The number of nitrogen functional groups attached to an aromatic ring is 1. The monoisotopic (exact) mass is 222 g/mol. The number of fused-ring (bicyclic) bond motifs is 1. The highest BCUT2D eigenvalue weighted by Crippen LogP contribution is 2.26. The normalized spacial score (nSPS) is 11.2. The molecule has 86 valence electrons. The number of aromatic amines is 1. The average Bonchev–Trinajstić information content (AvgIpc) is 2.53. The minimum absolute atomic E-state index is 0.415. The summed E-state index contributed by atoms with van der Waals surface area (Å²) in [5, 5.41) is 0. The zero-order valence-corrected chi connectivity index (χ0v) is 9.24. The van der Waals surface area contributed by atoms with E-state index in [0.717, 1.165) is 0 Å².